The minimum atomic E-state index is -0.183. The summed E-state index contributed by atoms with van der Waals surface area (Å²) in [5.74, 6) is -0.119. The van der Waals surface area contributed by atoms with Crippen LogP contribution in [0.3, 0.4) is 0 Å². The molecular formula is C18H30Cl2N4O2. The Hall–Kier alpha value is -1.34. The van der Waals surface area contributed by atoms with Crippen LogP contribution < -0.4 is 16.4 Å². The molecule has 148 valence electrons. The molecule has 1 fully saturated rings. The molecule has 8 heteroatoms. The summed E-state index contributed by atoms with van der Waals surface area (Å²) in [6, 6.07) is 7.97. The van der Waals surface area contributed by atoms with Crippen LogP contribution >= 0.6 is 24.8 Å². The van der Waals surface area contributed by atoms with Gasteiger partial charge in [-0.2, -0.15) is 0 Å². The second-order valence-corrected chi connectivity index (χ2v) is 6.41. The van der Waals surface area contributed by atoms with Gasteiger partial charge in [-0.25, -0.2) is 0 Å². The fraction of sp³-hybridized carbons (Fsp3) is 0.556. The number of nitrogens with zero attached hydrogens (tertiary/aromatic N) is 1. The van der Waals surface area contributed by atoms with Crippen LogP contribution in [0.5, 0.6) is 0 Å². The third-order valence-electron chi connectivity index (χ3n) is 4.44. The minimum absolute atomic E-state index is 0. The standard InChI is InChI=1S/C18H28N4O2.2ClH/c1-20-9-3-6-17(23)21-16-5-2-4-14(12-16)13-22-10-7-15(8-11-22)18(19)24;;/h2,4-5,12,15,20H,3,6-11,13H2,1H3,(H2,19,24)(H,21,23);2*1H. The zero-order valence-corrected chi connectivity index (χ0v) is 16.8. The Balaban J connectivity index is 0.00000312. The molecule has 2 rings (SSSR count). The average molecular weight is 405 g/mol. The number of hydrogen-bond donors (Lipinski definition) is 3. The lowest BCUT2D eigenvalue weighted by atomic mass is 9.96. The van der Waals surface area contributed by atoms with Crippen LogP contribution in [0.25, 0.3) is 0 Å². The van der Waals surface area contributed by atoms with Crippen molar-refractivity contribution in [2.75, 3.05) is 32.0 Å². The van der Waals surface area contributed by atoms with E-state index in [2.05, 4.69) is 21.6 Å². The summed E-state index contributed by atoms with van der Waals surface area (Å²) in [4.78, 5) is 25.4. The number of rotatable bonds is 8. The van der Waals surface area contributed by atoms with Gasteiger partial charge in [-0.3, -0.25) is 14.5 Å². The van der Waals surface area contributed by atoms with E-state index in [-0.39, 0.29) is 42.5 Å². The van der Waals surface area contributed by atoms with Crippen molar-refractivity contribution < 1.29 is 9.59 Å². The molecule has 0 bridgehead atoms. The Morgan fingerprint density at radius 1 is 1.23 bits per heavy atom. The van der Waals surface area contributed by atoms with Gasteiger partial charge in [0.15, 0.2) is 0 Å². The van der Waals surface area contributed by atoms with Crippen LogP contribution in [-0.4, -0.2) is 43.4 Å². The topological polar surface area (TPSA) is 87.5 Å². The highest BCUT2D eigenvalue weighted by atomic mass is 35.5. The third-order valence-corrected chi connectivity index (χ3v) is 4.44. The molecule has 1 aromatic carbocycles. The molecule has 6 nitrogen and oxygen atoms in total. The van der Waals surface area contributed by atoms with Crippen LogP contribution in [0, 0.1) is 5.92 Å². The molecular weight excluding hydrogens is 375 g/mol. The summed E-state index contributed by atoms with van der Waals surface area (Å²) < 4.78 is 0. The van der Waals surface area contributed by atoms with Gasteiger partial charge in [0.1, 0.15) is 0 Å². The van der Waals surface area contributed by atoms with Crippen molar-refractivity contribution in [2.45, 2.75) is 32.2 Å². The van der Waals surface area contributed by atoms with E-state index in [1.807, 2.05) is 25.2 Å². The van der Waals surface area contributed by atoms with E-state index in [4.69, 9.17) is 5.73 Å². The number of amides is 2. The zero-order valence-electron chi connectivity index (χ0n) is 15.2. The fourth-order valence-corrected chi connectivity index (χ4v) is 3.03. The fourth-order valence-electron chi connectivity index (χ4n) is 3.03. The van der Waals surface area contributed by atoms with Crippen molar-refractivity contribution in [2.24, 2.45) is 11.7 Å². The van der Waals surface area contributed by atoms with Crippen molar-refractivity contribution >= 4 is 42.3 Å². The Bertz CT molecular complexity index is 564. The molecule has 4 N–H and O–H groups in total. The molecule has 0 aliphatic carbocycles. The molecule has 0 unspecified atom stereocenters. The number of piperidine rings is 1. The molecule has 0 radical (unpaired) electrons. The molecule has 1 aromatic rings. The summed E-state index contributed by atoms with van der Waals surface area (Å²) in [7, 11) is 1.88. The van der Waals surface area contributed by atoms with E-state index < -0.39 is 0 Å². The van der Waals surface area contributed by atoms with Crippen molar-refractivity contribution in [1.82, 2.24) is 10.2 Å². The largest absolute Gasteiger partial charge is 0.369 e. The number of nitrogens with two attached hydrogens (primary N) is 1. The van der Waals surface area contributed by atoms with Gasteiger partial charge in [-0.1, -0.05) is 12.1 Å². The van der Waals surface area contributed by atoms with Gasteiger partial charge < -0.3 is 16.4 Å². The first-order valence-corrected chi connectivity index (χ1v) is 8.63. The highest BCUT2D eigenvalue weighted by molar-refractivity contribution is 5.90. The number of likely N-dealkylation sites (tertiary alicyclic amines) is 1. The van der Waals surface area contributed by atoms with Crippen LogP contribution in [0.2, 0.25) is 0 Å². The number of carbonyl (C=O) groups is 2. The SMILES string of the molecule is CNCCCC(=O)Nc1cccc(CN2CCC(C(N)=O)CC2)c1.Cl.Cl. The molecule has 1 saturated heterocycles. The first-order valence-electron chi connectivity index (χ1n) is 8.63. The summed E-state index contributed by atoms with van der Waals surface area (Å²) in [5.41, 5.74) is 7.38. The van der Waals surface area contributed by atoms with E-state index in [9.17, 15) is 9.59 Å². The monoisotopic (exact) mass is 404 g/mol. The van der Waals surface area contributed by atoms with E-state index in [1.54, 1.807) is 0 Å². The lowest BCUT2D eigenvalue weighted by Gasteiger charge is -2.30. The van der Waals surface area contributed by atoms with Gasteiger partial charge in [-0.15, -0.1) is 24.8 Å². The maximum absolute atomic E-state index is 11.9. The third kappa shape index (κ3) is 8.36. The van der Waals surface area contributed by atoms with Gasteiger partial charge in [-0.05, 0) is 63.6 Å². The predicted molar refractivity (Wildman–Crippen MR) is 110 cm³/mol. The van der Waals surface area contributed by atoms with Gasteiger partial charge >= 0.3 is 0 Å². The van der Waals surface area contributed by atoms with Crippen molar-refractivity contribution in [3.05, 3.63) is 29.8 Å². The van der Waals surface area contributed by atoms with Crippen molar-refractivity contribution in [1.29, 1.82) is 0 Å². The number of primary amides is 1. The molecule has 1 aliphatic heterocycles. The molecule has 0 spiro atoms. The second kappa shape index (κ2) is 12.9. The lowest BCUT2D eigenvalue weighted by molar-refractivity contribution is -0.123. The minimum Gasteiger partial charge on any atom is -0.369 e. The van der Waals surface area contributed by atoms with E-state index in [1.165, 1.54) is 5.56 Å². The average Bonchev–Trinajstić information content (AvgIpc) is 2.56. The number of halogens is 2. The number of carbonyl (C=O) groups excluding carboxylic acids is 2. The summed E-state index contributed by atoms with van der Waals surface area (Å²) in [6.07, 6.45) is 3.01. The van der Waals surface area contributed by atoms with Crippen LogP contribution in [0.15, 0.2) is 24.3 Å². The molecule has 0 aromatic heterocycles. The summed E-state index contributed by atoms with van der Waals surface area (Å²) in [6.45, 7) is 3.44. The van der Waals surface area contributed by atoms with Crippen LogP contribution in [0.1, 0.15) is 31.2 Å². The smallest absolute Gasteiger partial charge is 0.224 e. The zero-order chi connectivity index (χ0) is 17.4. The van der Waals surface area contributed by atoms with Crippen LogP contribution in [0.4, 0.5) is 5.69 Å². The van der Waals surface area contributed by atoms with E-state index in [0.29, 0.717) is 6.42 Å². The van der Waals surface area contributed by atoms with Crippen LogP contribution in [-0.2, 0) is 16.1 Å². The normalized spacial score (nSPS) is 14.8. The maximum atomic E-state index is 11.9. The highest BCUT2D eigenvalue weighted by Gasteiger charge is 2.22. The lowest BCUT2D eigenvalue weighted by Crippen LogP contribution is -2.38. The summed E-state index contributed by atoms with van der Waals surface area (Å²) >= 11 is 0. The Morgan fingerprint density at radius 3 is 2.54 bits per heavy atom. The second-order valence-electron chi connectivity index (χ2n) is 6.41. The Morgan fingerprint density at radius 2 is 1.92 bits per heavy atom. The number of anilines is 1. The predicted octanol–water partition coefficient (Wildman–Crippen LogP) is 2.17. The summed E-state index contributed by atoms with van der Waals surface area (Å²) in [5, 5.41) is 5.99. The molecule has 26 heavy (non-hydrogen) atoms. The molecule has 1 aliphatic rings. The van der Waals surface area contributed by atoms with Gasteiger partial charge in [0, 0.05) is 24.6 Å². The van der Waals surface area contributed by atoms with Crippen molar-refractivity contribution in [3.63, 3.8) is 0 Å². The Kier molecular flexibility index (Phi) is 12.3. The first-order chi connectivity index (χ1) is 11.6. The van der Waals surface area contributed by atoms with Gasteiger partial charge in [0.25, 0.3) is 0 Å². The molecule has 1 heterocycles. The molecule has 0 atom stereocenters. The van der Waals surface area contributed by atoms with E-state index >= 15 is 0 Å². The van der Waals surface area contributed by atoms with Gasteiger partial charge in [0.2, 0.25) is 11.8 Å². The van der Waals surface area contributed by atoms with Crippen molar-refractivity contribution in [3.8, 4) is 0 Å². The number of hydrogen-bond acceptors (Lipinski definition) is 4. The first kappa shape index (κ1) is 24.7. The van der Waals surface area contributed by atoms with Gasteiger partial charge in [0.05, 0.1) is 0 Å². The molecule has 0 saturated carbocycles. The number of nitrogens with one attached hydrogen (secondary N) is 2. The van der Waals surface area contributed by atoms with E-state index in [0.717, 1.165) is 51.1 Å². The number of benzene rings is 1. The highest BCUT2D eigenvalue weighted by Crippen LogP contribution is 2.20. The Labute approximate surface area is 168 Å². The maximum Gasteiger partial charge on any atom is 0.224 e. The quantitative estimate of drug-likeness (QED) is 0.579. The molecule has 2 amide bonds.